The molecule has 0 aliphatic rings. The van der Waals surface area contributed by atoms with Crippen LogP contribution in [0.1, 0.15) is 11.1 Å². The van der Waals surface area contributed by atoms with Crippen LogP contribution in [0.15, 0.2) is 63.9 Å². The van der Waals surface area contributed by atoms with Crippen LogP contribution in [0.4, 0.5) is 5.69 Å². The van der Waals surface area contributed by atoms with Crippen LogP contribution >= 0.6 is 0 Å². The van der Waals surface area contributed by atoms with Gasteiger partial charge in [-0.3, -0.25) is 0 Å². The van der Waals surface area contributed by atoms with Gasteiger partial charge in [0, 0.05) is 22.8 Å². The Hall–Kier alpha value is -2.40. The number of hydrogen-bond acceptors (Lipinski definition) is 4. The number of nitrogens with zero attached hydrogens (tertiary/aromatic N) is 1. The number of esters is 1. The van der Waals surface area contributed by atoms with Crippen molar-refractivity contribution in [1.29, 1.82) is 0 Å². The van der Waals surface area contributed by atoms with Crippen LogP contribution in [-0.2, 0) is 19.3 Å². The molecule has 0 aliphatic heterocycles. The van der Waals surface area contributed by atoms with E-state index in [9.17, 15) is 9.00 Å². The molecule has 0 aliphatic carbocycles. The van der Waals surface area contributed by atoms with Gasteiger partial charge in [0.05, 0.1) is 22.5 Å². The fourth-order valence-electron chi connectivity index (χ4n) is 1.97. The zero-order valence-corrected chi connectivity index (χ0v) is 14.2. The van der Waals surface area contributed by atoms with Gasteiger partial charge in [0.15, 0.2) is 0 Å². The van der Waals surface area contributed by atoms with Gasteiger partial charge < -0.3 is 4.74 Å². The molecule has 0 bridgehead atoms. The zero-order valence-electron chi connectivity index (χ0n) is 13.4. The van der Waals surface area contributed by atoms with Gasteiger partial charge in [-0.2, -0.15) is 4.36 Å². The second-order valence-electron chi connectivity index (χ2n) is 5.12. The predicted octanol–water partition coefficient (Wildman–Crippen LogP) is 3.97. The van der Waals surface area contributed by atoms with E-state index in [1.165, 1.54) is 13.2 Å². The van der Waals surface area contributed by atoms with E-state index in [0.717, 1.165) is 5.56 Å². The maximum Gasteiger partial charge on any atom is 0.330 e. The molecule has 4 nitrogen and oxygen atoms in total. The van der Waals surface area contributed by atoms with Crippen molar-refractivity contribution < 1.29 is 13.7 Å². The second kappa shape index (κ2) is 7.24. The number of carbonyl (C=O) groups is 1. The minimum Gasteiger partial charge on any atom is -0.466 e. The van der Waals surface area contributed by atoms with E-state index in [1.807, 2.05) is 49.4 Å². The summed E-state index contributed by atoms with van der Waals surface area (Å²) in [5.74, 6) is -0.449. The Morgan fingerprint density at radius 2 is 1.78 bits per heavy atom. The molecule has 2 aromatic rings. The fraction of sp³-hybridized carbons (Fsp3) is 0.167. The Labute approximate surface area is 137 Å². The zero-order chi connectivity index (χ0) is 16.9. The van der Waals surface area contributed by atoms with Crippen molar-refractivity contribution in [2.45, 2.75) is 11.8 Å². The number of carbonyl (C=O) groups excluding carboxylic acids is 1. The molecule has 1 atom stereocenters. The van der Waals surface area contributed by atoms with E-state index in [0.29, 0.717) is 16.1 Å². The molecular formula is C18H19NO3S. The smallest absolute Gasteiger partial charge is 0.330 e. The van der Waals surface area contributed by atoms with Crippen molar-refractivity contribution in [2.24, 2.45) is 4.36 Å². The quantitative estimate of drug-likeness (QED) is 0.630. The normalized spacial score (nSPS) is 13.5. The van der Waals surface area contributed by atoms with Crippen molar-refractivity contribution >= 4 is 27.5 Å². The summed E-state index contributed by atoms with van der Waals surface area (Å²) in [6.07, 6.45) is 4.53. The van der Waals surface area contributed by atoms with Crippen LogP contribution in [0.25, 0.3) is 6.08 Å². The minimum atomic E-state index is -2.57. The van der Waals surface area contributed by atoms with E-state index < -0.39 is 15.7 Å². The SMILES string of the molecule is COC(=O)/C=C/c1ccccc1N=S(C)(=O)c1ccc(C)cc1. The van der Waals surface area contributed by atoms with E-state index in [-0.39, 0.29) is 0 Å². The van der Waals surface area contributed by atoms with Gasteiger partial charge in [-0.25, -0.2) is 9.00 Å². The molecule has 0 aromatic heterocycles. The van der Waals surface area contributed by atoms with Crippen LogP contribution in [0.5, 0.6) is 0 Å². The molecule has 5 heteroatoms. The Morgan fingerprint density at radius 3 is 2.43 bits per heavy atom. The highest BCUT2D eigenvalue weighted by Gasteiger charge is 2.07. The molecule has 1 unspecified atom stereocenters. The second-order valence-corrected chi connectivity index (χ2v) is 7.38. The topological polar surface area (TPSA) is 55.7 Å². The monoisotopic (exact) mass is 329 g/mol. The molecule has 0 saturated heterocycles. The van der Waals surface area contributed by atoms with Crippen LogP contribution in [0.2, 0.25) is 0 Å². The maximum absolute atomic E-state index is 12.9. The molecule has 0 heterocycles. The predicted molar refractivity (Wildman–Crippen MR) is 93.1 cm³/mol. The Bertz CT molecular complexity index is 845. The lowest BCUT2D eigenvalue weighted by Gasteiger charge is -2.07. The molecule has 120 valence electrons. The summed E-state index contributed by atoms with van der Waals surface area (Å²) in [7, 11) is -1.25. The first-order chi connectivity index (χ1) is 10.9. The number of aryl methyl sites for hydroxylation is 1. The molecule has 0 fully saturated rings. The number of benzene rings is 2. The molecule has 2 aromatic carbocycles. The summed E-state index contributed by atoms with van der Waals surface area (Å²) in [4.78, 5) is 11.9. The number of methoxy groups -OCH3 is 1. The van der Waals surface area contributed by atoms with Crippen molar-refractivity contribution in [3.05, 3.63) is 65.7 Å². The van der Waals surface area contributed by atoms with Crippen LogP contribution in [0.3, 0.4) is 0 Å². The van der Waals surface area contributed by atoms with Gasteiger partial charge in [-0.15, -0.1) is 0 Å². The van der Waals surface area contributed by atoms with E-state index in [2.05, 4.69) is 9.10 Å². The molecule has 0 N–H and O–H groups in total. The van der Waals surface area contributed by atoms with Crippen molar-refractivity contribution in [3.8, 4) is 0 Å². The van der Waals surface area contributed by atoms with Gasteiger partial charge in [-0.05, 0) is 31.2 Å². The molecule has 2 rings (SSSR count). The molecule has 0 radical (unpaired) electrons. The van der Waals surface area contributed by atoms with E-state index in [4.69, 9.17) is 0 Å². The Morgan fingerprint density at radius 1 is 1.13 bits per heavy atom. The summed E-state index contributed by atoms with van der Waals surface area (Å²) in [6, 6.07) is 14.7. The summed E-state index contributed by atoms with van der Waals surface area (Å²) in [5.41, 5.74) is 2.38. The largest absolute Gasteiger partial charge is 0.466 e. The summed E-state index contributed by atoms with van der Waals surface area (Å²) < 4.78 is 21.9. The van der Waals surface area contributed by atoms with Crippen LogP contribution in [0, 0.1) is 6.92 Å². The number of ether oxygens (including phenoxy) is 1. The first-order valence-electron chi connectivity index (χ1n) is 7.06. The molecule has 0 amide bonds. The standard InChI is InChI=1S/C18H19NO3S/c1-14-8-11-16(12-9-14)23(3,21)19-17-7-5-4-6-15(17)10-13-18(20)22-2/h4-13H,1-3H3/b13-10+. The lowest BCUT2D eigenvalue weighted by atomic mass is 10.2. The Balaban J connectivity index is 2.46. The van der Waals surface area contributed by atoms with Crippen molar-refractivity contribution in [2.75, 3.05) is 13.4 Å². The third-order valence-electron chi connectivity index (χ3n) is 3.27. The molecule has 0 spiro atoms. The first-order valence-corrected chi connectivity index (χ1v) is 8.98. The lowest BCUT2D eigenvalue weighted by molar-refractivity contribution is -0.134. The van der Waals surface area contributed by atoms with Crippen molar-refractivity contribution in [3.63, 3.8) is 0 Å². The highest BCUT2D eigenvalue weighted by atomic mass is 32.2. The summed E-state index contributed by atoms with van der Waals surface area (Å²) in [6.45, 7) is 1.98. The third-order valence-corrected chi connectivity index (χ3v) is 4.96. The summed E-state index contributed by atoms with van der Waals surface area (Å²) >= 11 is 0. The minimum absolute atomic E-state index is 0.449. The van der Waals surface area contributed by atoms with Gasteiger partial charge in [0.25, 0.3) is 0 Å². The van der Waals surface area contributed by atoms with E-state index >= 15 is 0 Å². The molecular weight excluding hydrogens is 310 g/mol. The summed E-state index contributed by atoms with van der Waals surface area (Å²) in [5, 5.41) is 0. The van der Waals surface area contributed by atoms with Crippen molar-refractivity contribution in [1.82, 2.24) is 0 Å². The van der Waals surface area contributed by atoms with Gasteiger partial charge in [0.1, 0.15) is 0 Å². The van der Waals surface area contributed by atoms with Gasteiger partial charge in [-0.1, -0.05) is 35.9 Å². The molecule has 0 saturated carbocycles. The highest BCUT2D eigenvalue weighted by molar-refractivity contribution is 7.93. The maximum atomic E-state index is 12.9. The van der Waals surface area contributed by atoms with Gasteiger partial charge >= 0.3 is 5.97 Å². The Kier molecular flexibility index (Phi) is 5.34. The highest BCUT2D eigenvalue weighted by Crippen LogP contribution is 2.24. The average molecular weight is 329 g/mol. The number of rotatable bonds is 4. The van der Waals surface area contributed by atoms with E-state index in [1.54, 1.807) is 18.4 Å². The first kappa shape index (κ1) is 17.0. The van der Waals surface area contributed by atoms with Crippen LogP contribution < -0.4 is 0 Å². The van der Waals surface area contributed by atoms with Crippen LogP contribution in [-0.4, -0.2) is 23.5 Å². The lowest BCUT2D eigenvalue weighted by Crippen LogP contribution is -1.97. The number of hydrogen-bond donors (Lipinski definition) is 0. The van der Waals surface area contributed by atoms with Gasteiger partial charge in [0.2, 0.25) is 0 Å². The molecule has 23 heavy (non-hydrogen) atoms. The fourth-order valence-corrected chi connectivity index (χ4v) is 3.26. The average Bonchev–Trinajstić information content (AvgIpc) is 2.53. The third kappa shape index (κ3) is 4.53.